The van der Waals surface area contributed by atoms with Crippen LogP contribution in [0.15, 0.2) is 54.6 Å². The minimum atomic E-state index is -0.380. The Balaban J connectivity index is 1.30. The van der Waals surface area contributed by atoms with Gasteiger partial charge in [0, 0.05) is 50.5 Å². The van der Waals surface area contributed by atoms with E-state index in [1.807, 2.05) is 18.2 Å². The molecule has 1 atom stereocenters. The fourth-order valence-electron chi connectivity index (χ4n) is 3.77. The number of carbonyl (C=O) groups excluding carboxylic acids is 2. The summed E-state index contributed by atoms with van der Waals surface area (Å²) in [6.07, 6.45) is 0.228. The van der Waals surface area contributed by atoms with Crippen molar-refractivity contribution in [1.82, 2.24) is 10.2 Å². The summed E-state index contributed by atoms with van der Waals surface area (Å²) in [6, 6.07) is 15.7. The Labute approximate surface area is 163 Å². The lowest BCUT2D eigenvalue weighted by Gasteiger charge is -2.36. The summed E-state index contributed by atoms with van der Waals surface area (Å²) in [6.45, 7) is 3.18. The number of amides is 3. The number of carbonyl (C=O) groups is 2. The number of urea groups is 1. The monoisotopic (exact) mass is 382 g/mol. The molecule has 2 aliphatic heterocycles. The molecule has 4 rings (SSSR count). The van der Waals surface area contributed by atoms with Crippen molar-refractivity contribution in [3.63, 3.8) is 0 Å². The third-order valence-corrected chi connectivity index (χ3v) is 5.26. The quantitative estimate of drug-likeness (QED) is 0.887. The molecule has 0 radical (unpaired) electrons. The Kier molecular flexibility index (Phi) is 5.14. The number of hydrogen-bond donors (Lipinski definition) is 1. The van der Waals surface area contributed by atoms with Crippen LogP contribution in [0, 0.1) is 5.82 Å². The summed E-state index contributed by atoms with van der Waals surface area (Å²) < 4.78 is 13.4. The second-order valence-electron chi connectivity index (χ2n) is 7.14. The zero-order valence-corrected chi connectivity index (χ0v) is 15.6. The smallest absolute Gasteiger partial charge is 0.317 e. The van der Waals surface area contributed by atoms with Gasteiger partial charge in [0.15, 0.2) is 0 Å². The van der Waals surface area contributed by atoms with Crippen molar-refractivity contribution in [2.24, 2.45) is 0 Å². The lowest BCUT2D eigenvalue weighted by molar-refractivity contribution is -0.117. The summed E-state index contributed by atoms with van der Waals surface area (Å²) >= 11 is 0. The van der Waals surface area contributed by atoms with Crippen molar-refractivity contribution >= 4 is 23.3 Å². The van der Waals surface area contributed by atoms with Gasteiger partial charge in [-0.15, -0.1) is 0 Å². The molecule has 2 aromatic rings. The summed E-state index contributed by atoms with van der Waals surface area (Å²) in [4.78, 5) is 30.5. The Morgan fingerprint density at radius 3 is 2.39 bits per heavy atom. The van der Waals surface area contributed by atoms with Crippen molar-refractivity contribution in [3.8, 4) is 0 Å². The zero-order valence-electron chi connectivity index (χ0n) is 15.6. The predicted molar refractivity (Wildman–Crippen MR) is 106 cm³/mol. The first-order chi connectivity index (χ1) is 13.6. The number of hydrogen-bond acceptors (Lipinski definition) is 3. The molecule has 1 N–H and O–H groups in total. The number of benzene rings is 2. The second kappa shape index (κ2) is 7.88. The van der Waals surface area contributed by atoms with Crippen LogP contribution in [0.2, 0.25) is 0 Å². The van der Waals surface area contributed by atoms with Gasteiger partial charge in [0.2, 0.25) is 5.91 Å². The molecule has 0 aromatic heterocycles. The molecule has 146 valence electrons. The van der Waals surface area contributed by atoms with Gasteiger partial charge in [0.1, 0.15) is 5.82 Å². The van der Waals surface area contributed by atoms with E-state index in [1.165, 1.54) is 17.0 Å². The highest BCUT2D eigenvalue weighted by atomic mass is 19.1. The van der Waals surface area contributed by atoms with E-state index in [0.717, 1.165) is 18.8 Å². The molecule has 2 saturated heterocycles. The maximum absolute atomic E-state index is 13.4. The van der Waals surface area contributed by atoms with Crippen molar-refractivity contribution in [2.75, 3.05) is 42.5 Å². The first-order valence-corrected chi connectivity index (χ1v) is 9.51. The molecule has 6 nitrogen and oxygen atoms in total. The van der Waals surface area contributed by atoms with E-state index in [-0.39, 0.29) is 30.2 Å². The number of anilines is 2. The molecule has 2 aromatic carbocycles. The summed E-state index contributed by atoms with van der Waals surface area (Å²) in [5, 5.41) is 2.96. The Hall–Kier alpha value is -3.09. The van der Waals surface area contributed by atoms with Crippen LogP contribution in [-0.2, 0) is 4.79 Å². The molecule has 2 heterocycles. The summed E-state index contributed by atoms with van der Waals surface area (Å²) in [7, 11) is 0. The first-order valence-electron chi connectivity index (χ1n) is 9.51. The highest BCUT2D eigenvalue weighted by Crippen LogP contribution is 2.22. The number of rotatable bonds is 3. The molecule has 0 unspecified atom stereocenters. The van der Waals surface area contributed by atoms with Gasteiger partial charge in [-0.1, -0.05) is 24.3 Å². The van der Waals surface area contributed by atoms with Crippen LogP contribution >= 0.6 is 0 Å². The molecule has 7 heteroatoms. The van der Waals surface area contributed by atoms with Crippen molar-refractivity contribution < 1.29 is 14.0 Å². The van der Waals surface area contributed by atoms with Gasteiger partial charge < -0.3 is 20.0 Å². The van der Waals surface area contributed by atoms with E-state index in [0.29, 0.717) is 25.3 Å². The van der Waals surface area contributed by atoms with Gasteiger partial charge in [0.25, 0.3) is 0 Å². The van der Waals surface area contributed by atoms with E-state index in [2.05, 4.69) is 22.3 Å². The third kappa shape index (κ3) is 3.93. The third-order valence-electron chi connectivity index (χ3n) is 5.26. The zero-order chi connectivity index (χ0) is 19.5. The minimum absolute atomic E-state index is 0.107. The van der Waals surface area contributed by atoms with E-state index in [4.69, 9.17) is 0 Å². The number of piperazine rings is 1. The highest BCUT2D eigenvalue weighted by molar-refractivity contribution is 5.96. The standard InChI is InChI=1S/C21H23FN4O2/c22-16-5-4-8-19(13-16)26-15-17(14-20(26)27)23-21(28)25-11-9-24(10-12-25)18-6-2-1-3-7-18/h1-8,13,17H,9-12,14-15H2,(H,23,28)/t17-/m0/s1. The molecule has 2 fully saturated rings. The minimum Gasteiger partial charge on any atom is -0.368 e. The Bertz CT molecular complexity index is 852. The van der Waals surface area contributed by atoms with Crippen molar-refractivity contribution in [1.29, 1.82) is 0 Å². The van der Waals surface area contributed by atoms with Gasteiger partial charge in [-0.25, -0.2) is 9.18 Å². The topological polar surface area (TPSA) is 55.9 Å². The molecule has 28 heavy (non-hydrogen) atoms. The second-order valence-corrected chi connectivity index (χ2v) is 7.14. The summed E-state index contributed by atoms with van der Waals surface area (Å²) in [5.41, 5.74) is 1.69. The molecule has 0 aliphatic carbocycles. The molecule has 3 amide bonds. The Morgan fingerprint density at radius 1 is 0.964 bits per heavy atom. The van der Waals surface area contributed by atoms with E-state index >= 15 is 0 Å². The van der Waals surface area contributed by atoms with Gasteiger partial charge in [-0.2, -0.15) is 0 Å². The van der Waals surface area contributed by atoms with Crippen molar-refractivity contribution in [3.05, 3.63) is 60.4 Å². The molecule has 0 bridgehead atoms. The van der Waals surface area contributed by atoms with Crippen LogP contribution in [0.4, 0.5) is 20.6 Å². The highest BCUT2D eigenvalue weighted by Gasteiger charge is 2.33. The molecular formula is C21H23FN4O2. The first kappa shape index (κ1) is 18.3. The van der Waals surface area contributed by atoms with Gasteiger partial charge in [-0.05, 0) is 30.3 Å². The lowest BCUT2D eigenvalue weighted by atomic mass is 10.2. The van der Waals surface area contributed by atoms with Crippen LogP contribution in [0.25, 0.3) is 0 Å². The molecule has 0 saturated carbocycles. The largest absolute Gasteiger partial charge is 0.368 e. The van der Waals surface area contributed by atoms with Crippen LogP contribution in [0.5, 0.6) is 0 Å². The number of para-hydroxylation sites is 1. The summed E-state index contributed by atoms with van der Waals surface area (Å²) in [5.74, 6) is -0.487. The van der Waals surface area contributed by atoms with Crippen LogP contribution in [0.3, 0.4) is 0 Å². The number of halogens is 1. The predicted octanol–water partition coefficient (Wildman–Crippen LogP) is 2.46. The molecule has 0 spiro atoms. The van der Waals surface area contributed by atoms with Crippen LogP contribution in [-0.4, -0.2) is 55.6 Å². The van der Waals surface area contributed by atoms with Crippen molar-refractivity contribution in [2.45, 2.75) is 12.5 Å². The normalized spacial score (nSPS) is 19.8. The number of nitrogens with zero attached hydrogens (tertiary/aromatic N) is 3. The molecule has 2 aliphatic rings. The van der Waals surface area contributed by atoms with Crippen LogP contribution < -0.4 is 15.1 Å². The molecular weight excluding hydrogens is 359 g/mol. The fourth-order valence-corrected chi connectivity index (χ4v) is 3.77. The average Bonchev–Trinajstić information content (AvgIpc) is 3.09. The van der Waals surface area contributed by atoms with Gasteiger partial charge in [-0.3, -0.25) is 4.79 Å². The van der Waals surface area contributed by atoms with E-state index < -0.39 is 0 Å². The SMILES string of the molecule is O=C(N[C@H]1CC(=O)N(c2cccc(F)c2)C1)N1CCN(c2ccccc2)CC1. The lowest BCUT2D eigenvalue weighted by Crippen LogP contribution is -2.53. The Morgan fingerprint density at radius 2 is 1.68 bits per heavy atom. The maximum atomic E-state index is 13.4. The van der Waals surface area contributed by atoms with E-state index in [9.17, 15) is 14.0 Å². The maximum Gasteiger partial charge on any atom is 0.317 e. The van der Waals surface area contributed by atoms with E-state index in [1.54, 1.807) is 17.0 Å². The number of nitrogens with one attached hydrogen (secondary N) is 1. The van der Waals surface area contributed by atoms with Crippen LogP contribution in [0.1, 0.15) is 6.42 Å². The van der Waals surface area contributed by atoms with Gasteiger partial charge >= 0.3 is 6.03 Å². The fraction of sp³-hybridized carbons (Fsp3) is 0.333. The average molecular weight is 382 g/mol. The van der Waals surface area contributed by atoms with Gasteiger partial charge in [0.05, 0.1) is 6.04 Å².